The van der Waals surface area contributed by atoms with Crippen molar-refractivity contribution >= 4 is 10.9 Å². The highest BCUT2D eigenvalue weighted by Gasteiger charge is 2.35. The minimum atomic E-state index is -3.04. The van der Waals surface area contributed by atoms with Gasteiger partial charge in [0.1, 0.15) is 12.4 Å². The molecule has 2 aromatic carbocycles. The van der Waals surface area contributed by atoms with Crippen LogP contribution in [-0.2, 0) is 19.4 Å². The number of nitrogens with zero attached hydrogens (tertiary/aromatic N) is 2. The number of alkyl halides is 3. The molecule has 5 nitrogen and oxygen atoms in total. The summed E-state index contributed by atoms with van der Waals surface area (Å²) in [6, 6.07) is 16.3. The van der Waals surface area contributed by atoms with Gasteiger partial charge in [0, 0.05) is 48.8 Å². The first-order chi connectivity index (χ1) is 17.8. The number of aromatic nitrogens is 1. The molecule has 0 saturated carbocycles. The van der Waals surface area contributed by atoms with Gasteiger partial charge in [0.05, 0.1) is 20.3 Å². The number of rotatable bonds is 9. The van der Waals surface area contributed by atoms with Crippen molar-refractivity contribution in [3.63, 3.8) is 0 Å². The zero-order valence-electron chi connectivity index (χ0n) is 21.7. The summed E-state index contributed by atoms with van der Waals surface area (Å²) in [6.45, 7) is 3.82. The maximum Gasteiger partial charge on any atom is 0.283 e. The average Bonchev–Trinajstić information content (AvgIpc) is 3.23. The van der Waals surface area contributed by atoms with Gasteiger partial charge in [-0.3, -0.25) is 9.29 Å². The third kappa shape index (κ3) is 6.86. The molecule has 202 valence electrons. The van der Waals surface area contributed by atoms with Gasteiger partial charge in [-0.05, 0) is 55.4 Å². The number of nitrogens with one attached hydrogen (secondary N) is 1. The van der Waals surface area contributed by atoms with E-state index in [1.54, 1.807) is 12.0 Å². The fraction of sp³-hybridized carbons (Fsp3) is 0.517. The third-order valence-electron chi connectivity index (χ3n) is 7.39. The number of aliphatic hydroxyl groups is 1. The van der Waals surface area contributed by atoms with Gasteiger partial charge in [0.2, 0.25) is 0 Å². The average molecular weight is 518 g/mol. The molecule has 1 saturated heterocycles. The lowest BCUT2D eigenvalue weighted by atomic mass is 9.91. The largest absolute Gasteiger partial charge is 0.496 e. The second kappa shape index (κ2) is 12.3. The molecule has 2 aliphatic heterocycles. The van der Waals surface area contributed by atoms with Gasteiger partial charge in [-0.25, -0.2) is 8.78 Å². The maximum atomic E-state index is 13.4. The van der Waals surface area contributed by atoms with Gasteiger partial charge in [0.15, 0.2) is 0 Å². The molecular weight excluding hydrogens is 479 g/mol. The van der Waals surface area contributed by atoms with Gasteiger partial charge in [-0.2, -0.15) is 0 Å². The molecule has 0 aliphatic carbocycles. The number of benzene rings is 2. The molecule has 5 rings (SSSR count). The highest BCUT2D eigenvalue weighted by molar-refractivity contribution is 5.84. The van der Waals surface area contributed by atoms with Crippen molar-refractivity contribution in [1.82, 2.24) is 14.8 Å². The number of halogens is 3. The molecule has 1 atom stereocenters. The number of hydrogen-bond donors (Lipinski definition) is 2. The highest BCUT2D eigenvalue weighted by atomic mass is 19.3. The molecule has 0 spiro atoms. The SMILES string of the molecule is CC1Cc2c([nH]c3ccccc23)CN1CC(F)(F)CO.COc1ccccc1CC1CN(CCCF)C1. The first-order valence-electron chi connectivity index (χ1n) is 13.0. The van der Waals surface area contributed by atoms with Crippen LogP contribution >= 0.6 is 0 Å². The number of aromatic amines is 1. The molecule has 3 heterocycles. The minimum Gasteiger partial charge on any atom is -0.496 e. The number of ether oxygens (including phenoxy) is 1. The van der Waals surface area contributed by atoms with Crippen LogP contribution in [0.25, 0.3) is 10.9 Å². The number of methoxy groups -OCH3 is 1. The Hall–Kier alpha value is -2.55. The van der Waals surface area contributed by atoms with Gasteiger partial charge >= 0.3 is 0 Å². The van der Waals surface area contributed by atoms with Crippen LogP contribution in [0.4, 0.5) is 13.2 Å². The molecule has 37 heavy (non-hydrogen) atoms. The maximum absolute atomic E-state index is 13.4. The van der Waals surface area contributed by atoms with Crippen LogP contribution in [0.2, 0.25) is 0 Å². The fourth-order valence-corrected chi connectivity index (χ4v) is 5.42. The second-order valence-electron chi connectivity index (χ2n) is 10.3. The van der Waals surface area contributed by atoms with Crippen LogP contribution in [0.3, 0.4) is 0 Å². The molecule has 1 aromatic heterocycles. The van der Waals surface area contributed by atoms with E-state index in [0.717, 1.165) is 49.4 Å². The first-order valence-corrected chi connectivity index (χ1v) is 13.0. The van der Waals surface area contributed by atoms with E-state index in [4.69, 9.17) is 9.84 Å². The zero-order valence-corrected chi connectivity index (χ0v) is 21.7. The molecule has 1 fully saturated rings. The van der Waals surface area contributed by atoms with Crippen LogP contribution in [0, 0.1) is 5.92 Å². The number of aliphatic hydroxyl groups excluding tert-OH is 1. The van der Waals surface area contributed by atoms with Crippen molar-refractivity contribution in [3.8, 4) is 5.75 Å². The smallest absolute Gasteiger partial charge is 0.283 e. The van der Waals surface area contributed by atoms with E-state index < -0.39 is 19.1 Å². The van der Waals surface area contributed by atoms with Gasteiger partial charge in [0.25, 0.3) is 5.92 Å². The van der Waals surface area contributed by atoms with Crippen LogP contribution in [0.15, 0.2) is 48.5 Å². The van der Waals surface area contributed by atoms with E-state index in [2.05, 4.69) is 28.1 Å². The van der Waals surface area contributed by atoms with Crippen molar-refractivity contribution in [2.75, 3.05) is 46.6 Å². The summed E-state index contributed by atoms with van der Waals surface area (Å²) in [4.78, 5) is 7.37. The van der Waals surface area contributed by atoms with Gasteiger partial charge < -0.3 is 19.7 Å². The lowest BCUT2D eigenvalue weighted by Gasteiger charge is -2.39. The minimum absolute atomic E-state index is 0.0409. The quantitative estimate of drug-likeness (QED) is 0.416. The van der Waals surface area contributed by atoms with Crippen molar-refractivity contribution in [2.24, 2.45) is 5.92 Å². The second-order valence-corrected chi connectivity index (χ2v) is 10.3. The van der Waals surface area contributed by atoms with E-state index in [1.165, 1.54) is 16.5 Å². The Balaban J connectivity index is 0.000000176. The van der Waals surface area contributed by atoms with Crippen molar-refractivity contribution < 1.29 is 23.0 Å². The van der Waals surface area contributed by atoms with Crippen LogP contribution < -0.4 is 4.74 Å². The van der Waals surface area contributed by atoms with Crippen LogP contribution in [0.1, 0.15) is 30.2 Å². The molecule has 8 heteroatoms. The van der Waals surface area contributed by atoms with Crippen molar-refractivity contribution in [3.05, 3.63) is 65.4 Å². The number of para-hydroxylation sites is 2. The molecular formula is C29H38F3N3O2. The predicted octanol–water partition coefficient (Wildman–Crippen LogP) is 5.07. The van der Waals surface area contributed by atoms with Crippen molar-refractivity contribution in [2.45, 2.75) is 44.7 Å². The van der Waals surface area contributed by atoms with Crippen molar-refractivity contribution in [1.29, 1.82) is 0 Å². The summed E-state index contributed by atoms with van der Waals surface area (Å²) in [5.41, 5.74) is 4.58. The molecule has 1 unspecified atom stereocenters. The van der Waals surface area contributed by atoms with E-state index in [0.29, 0.717) is 18.9 Å². The summed E-state index contributed by atoms with van der Waals surface area (Å²) in [5, 5.41) is 9.92. The fourth-order valence-electron chi connectivity index (χ4n) is 5.42. The first kappa shape index (κ1) is 27.5. The summed E-state index contributed by atoms with van der Waals surface area (Å²) in [6.07, 6.45) is 2.48. The Bertz CT molecular complexity index is 1150. The van der Waals surface area contributed by atoms with E-state index in [-0.39, 0.29) is 12.7 Å². The molecule has 0 radical (unpaired) electrons. The summed E-state index contributed by atoms with van der Waals surface area (Å²) in [7, 11) is 1.72. The lowest BCUT2D eigenvalue weighted by Crippen LogP contribution is -2.47. The molecule has 2 N–H and O–H groups in total. The topological polar surface area (TPSA) is 51.7 Å². The molecule has 0 bridgehead atoms. The predicted molar refractivity (Wildman–Crippen MR) is 141 cm³/mol. The number of likely N-dealkylation sites (tertiary alicyclic amines) is 1. The molecule has 3 aromatic rings. The Labute approximate surface area is 217 Å². The summed E-state index contributed by atoms with van der Waals surface area (Å²) < 4.78 is 44.1. The van der Waals surface area contributed by atoms with Crippen LogP contribution in [0.5, 0.6) is 5.75 Å². The Morgan fingerprint density at radius 3 is 2.57 bits per heavy atom. The van der Waals surface area contributed by atoms with Crippen LogP contribution in [-0.4, -0.2) is 78.4 Å². The Morgan fingerprint density at radius 1 is 1.11 bits per heavy atom. The normalized spacial score (nSPS) is 18.7. The van der Waals surface area contributed by atoms with Gasteiger partial charge in [-0.1, -0.05) is 36.4 Å². The van der Waals surface area contributed by atoms with E-state index in [1.807, 2.05) is 37.3 Å². The highest BCUT2D eigenvalue weighted by Crippen LogP contribution is 2.31. The lowest BCUT2D eigenvalue weighted by molar-refractivity contribution is -0.0819. The number of hydrogen-bond acceptors (Lipinski definition) is 4. The number of fused-ring (bicyclic) bond motifs is 3. The standard InChI is InChI=1S/C15H18F2N2O.C14H20FNO/c1-10-6-12-11-4-2-3-5-13(11)18-14(12)7-19(10)8-15(16,17)9-20;1-17-14-6-3-2-5-13(14)9-12-10-16(11-12)8-4-7-15/h2-5,10,18,20H,6-9H2,1H3;2-3,5-6,12H,4,7-11H2,1H3. The molecule has 2 aliphatic rings. The third-order valence-corrected chi connectivity index (χ3v) is 7.39. The Kier molecular flexibility index (Phi) is 9.16. The summed E-state index contributed by atoms with van der Waals surface area (Å²) >= 11 is 0. The van der Waals surface area contributed by atoms with E-state index >= 15 is 0 Å². The molecule has 0 amide bonds. The summed E-state index contributed by atoms with van der Waals surface area (Å²) in [5.74, 6) is -1.36. The van der Waals surface area contributed by atoms with Gasteiger partial charge in [-0.15, -0.1) is 0 Å². The van der Waals surface area contributed by atoms with E-state index in [9.17, 15) is 13.2 Å². The Morgan fingerprint density at radius 2 is 1.84 bits per heavy atom. The zero-order chi connectivity index (χ0) is 26.4. The number of H-pyrrole nitrogens is 1. The monoisotopic (exact) mass is 517 g/mol.